The number of aromatic nitrogens is 1. The van der Waals surface area contributed by atoms with E-state index in [1.807, 2.05) is 0 Å². The van der Waals surface area contributed by atoms with Crippen molar-refractivity contribution in [3.05, 3.63) is 62.9 Å². The first-order valence-electron chi connectivity index (χ1n) is 11.1. The first-order chi connectivity index (χ1) is 16.7. The zero-order valence-electron chi connectivity index (χ0n) is 19.6. The summed E-state index contributed by atoms with van der Waals surface area (Å²) in [4.78, 5) is 23.4. The number of halogens is 5. The van der Waals surface area contributed by atoms with Crippen molar-refractivity contribution in [3.8, 4) is 0 Å². The second-order valence-corrected chi connectivity index (χ2v) is 11.0. The summed E-state index contributed by atoms with van der Waals surface area (Å²) < 4.78 is 54.2. The monoisotopic (exact) mass is 543 g/mol. The topological polar surface area (TPSA) is 73.2 Å². The Morgan fingerprint density at radius 2 is 1.78 bits per heavy atom. The van der Waals surface area contributed by atoms with E-state index in [4.69, 9.17) is 37.5 Å². The molecule has 0 radical (unpaired) electrons. The number of nitrogens with zero attached hydrogens (tertiary/aromatic N) is 3. The lowest BCUT2D eigenvalue weighted by Gasteiger charge is -2.46. The maximum absolute atomic E-state index is 14.3. The Labute approximate surface area is 215 Å². The average Bonchev–Trinajstić information content (AvgIpc) is 3.33. The number of alkyl halides is 3. The molecule has 5 rings (SSSR count). The fourth-order valence-corrected chi connectivity index (χ4v) is 5.11. The zero-order chi connectivity index (χ0) is 26.1. The molecule has 1 aromatic heterocycles. The Morgan fingerprint density at radius 3 is 2.39 bits per heavy atom. The molecule has 1 spiro atoms. The quantitative estimate of drug-likeness (QED) is 0.468. The lowest BCUT2D eigenvalue weighted by Crippen LogP contribution is -2.62. The van der Waals surface area contributed by atoms with Crippen LogP contribution >= 0.6 is 23.2 Å². The van der Waals surface area contributed by atoms with Gasteiger partial charge >= 0.3 is 12.3 Å². The molecule has 1 unspecified atom stereocenters. The van der Waals surface area contributed by atoms with E-state index in [9.17, 15) is 18.0 Å². The van der Waals surface area contributed by atoms with Crippen molar-refractivity contribution >= 4 is 35.0 Å². The number of carbonyl (C=O) groups is 1. The van der Waals surface area contributed by atoms with Crippen LogP contribution in [0.3, 0.4) is 0 Å². The molecule has 36 heavy (non-hydrogen) atoms. The second-order valence-electron chi connectivity index (χ2n) is 10.1. The van der Waals surface area contributed by atoms with Gasteiger partial charge in [0, 0.05) is 32.9 Å². The molecule has 3 aliphatic rings. The Balaban J connectivity index is 1.37. The molecular formula is C24H22Cl2F3N3O4. The number of benzene rings is 1. The fourth-order valence-electron chi connectivity index (χ4n) is 4.59. The number of amides is 1. The van der Waals surface area contributed by atoms with E-state index in [-0.39, 0.29) is 41.0 Å². The number of hydrogen-bond acceptors (Lipinski definition) is 6. The lowest BCUT2D eigenvalue weighted by atomic mass is 9.86. The van der Waals surface area contributed by atoms with Crippen molar-refractivity contribution in [1.82, 2.24) is 9.88 Å². The van der Waals surface area contributed by atoms with E-state index in [1.54, 1.807) is 26.8 Å². The summed E-state index contributed by atoms with van der Waals surface area (Å²) in [7, 11) is 0. The first kappa shape index (κ1) is 25.1. The molecule has 1 fully saturated rings. The van der Waals surface area contributed by atoms with Gasteiger partial charge in [-0.3, -0.25) is 4.98 Å². The lowest BCUT2D eigenvalue weighted by molar-refractivity contribution is -0.275. The number of hydrogen-bond donors (Lipinski definition) is 0. The molecule has 1 aromatic carbocycles. The van der Waals surface area contributed by atoms with Crippen LogP contribution in [-0.4, -0.2) is 46.6 Å². The summed E-state index contributed by atoms with van der Waals surface area (Å²) in [5.41, 5.74) is -2.50. The predicted octanol–water partition coefficient (Wildman–Crippen LogP) is 5.95. The predicted molar refractivity (Wildman–Crippen MR) is 125 cm³/mol. The highest BCUT2D eigenvalue weighted by Crippen LogP contribution is 2.50. The minimum absolute atomic E-state index is 0.0562. The van der Waals surface area contributed by atoms with Crippen LogP contribution in [0.1, 0.15) is 49.6 Å². The number of ether oxygens (including phenoxy) is 2. The van der Waals surface area contributed by atoms with Gasteiger partial charge in [-0.2, -0.15) is 13.2 Å². The van der Waals surface area contributed by atoms with Crippen molar-refractivity contribution in [3.63, 3.8) is 0 Å². The van der Waals surface area contributed by atoms with Crippen molar-refractivity contribution in [2.24, 2.45) is 5.16 Å². The zero-order valence-corrected chi connectivity index (χ0v) is 21.1. The van der Waals surface area contributed by atoms with Crippen LogP contribution in [0.2, 0.25) is 10.0 Å². The Kier molecular flexibility index (Phi) is 5.74. The van der Waals surface area contributed by atoms with Gasteiger partial charge in [0.15, 0.2) is 0 Å². The maximum Gasteiger partial charge on any atom is 0.435 e. The summed E-state index contributed by atoms with van der Waals surface area (Å²) in [6.07, 6.45) is -4.36. The molecule has 1 atom stereocenters. The summed E-state index contributed by atoms with van der Waals surface area (Å²) >= 11 is 11.9. The summed E-state index contributed by atoms with van der Waals surface area (Å²) in [5.74, 6) is 0. The molecule has 2 aromatic rings. The molecule has 0 aliphatic carbocycles. The maximum atomic E-state index is 14.3. The minimum Gasteiger partial charge on any atom is -0.444 e. The number of carbonyl (C=O) groups excluding carboxylic acids is 1. The van der Waals surface area contributed by atoms with Crippen LogP contribution in [-0.2, 0) is 32.1 Å². The number of fused-ring (bicyclic) bond motifs is 2. The molecular weight excluding hydrogens is 522 g/mol. The van der Waals surface area contributed by atoms with Gasteiger partial charge in [-0.15, -0.1) is 0 Å². The number of oxime groups is 1. The Hall–Kier alpha value is -2.56. The standard InChI is InChI=1S/C24H22Cl2F3N3O4/c1-21(2,3)35-20(33)32-11-22(12-32)19-14(10-34-22)4-13(9-30-19)18-8-23(36-31-18,24(27,28)29)15-5-16(25)7-17(26)6-15/h4-7,9H,8,10-12H2,1-3H3. The summed E-state index contributed by atoms with van der Waals surface area (Å²) in [5, 5.41) is 3.90. The summed E-state index contributed by atoms with van der Waals surface area (Å²) in [6.45, 7) is 6.12. The number of rotatable bonds is 2. The summed E-state index contributed by atoms with van der Waals surface area (Å²) in [6, 6.07) is 5.39. The van der Waals surface area contributed by atoms with Gasteiger partial charge in [0.05, 0.1) is 37.5 Å². The van der Waals surface area contributed by atoms with Crippen molar-refractivity contribution < 1.29 is 32.3 Å². The van der Waals surface area contributed by atoms with Crippen LogP contribution in [0, 0.1) is 0 Å². The van der Waals surface area contributed by atoms with Gasteiger partial charge in [-0.05, 0) is 45.0 Å². The molecule has 0 saturated carbocycles. The molecule has 0 bridgehead atoms. The van der Waals surface area contributed by atoms with Crippen LogP contribution < -0.4 is 0 Å². The van der Waals surface area contributed by atoms with E-state index >= 15 is 0 Å². The fraction of sp³-hybridized carbons (Fsp3) is 0.458. The van der Waals surface area contributed by atoms with E-state index < -0.39 is 35.5 Å². The van der Waals surface area contributed by atoms with Crippen molar-refractivity contribution in [2.75, 3.05) is 13.1 Å². The number of likely N-dealkylation sites (tertiary alicyclic amines) is 1. The highest BCUT2D eigenvalue weighted by molar-refractivity contribution is 6.34. The molecule has 4 heterocycles. The normalized spacial score (nSPS) is 22.7. The molecule has 1 amide bonds. The molecule has 0 N–H and O–H groups in total. The molecule has 1 saturated heterocycles. The highest BCUT2D eigenvalue weighted by atomic mass is 35.5. The SMILES string of the molecule is CC(C)(C)OC(=O)N1CC2(C1)OCc1cc(C3=NOC(c4cc(Cl)cc(Cl)c4)(C(F)(F)F)C3)cnc12. The third-order valence-corrected chi connectivity index (χ3v) is 6.73. The Morgan fingerprint density at radius 1 is 1.11 bits per heavy atom. The van der Waals surface area contributed by atoms with Crippen molar-refractivity contribution in [2.45, 2.75) is 56.8 Å². The highest BCUT2D eigenvalue weighted by Gasteiger charge is 2.62. The van der Waals surface area contributed by atoms with Gasteiger partial charge < -0.3 is 19.2 Å². The first-order valence-corrected chi connectivity index (χ1v) is 11.9. The van der Waals surface area contributed by atoms with E-state index in [2.05, 4.69) is 10.1 Å². The van der Waals surface area contributed by atoms with Gasteiger partial charge in [-0.1, -0.05) is 28.4 Å². The number of pyridine rings is 1. The molecule has 7 nitrogen and oxygen atoms in total. The smallest absolute Gasteiger partial charge is 0.435 e. The molecule has 3 aliphatic heterocycles. The molecule has 192 valence electrons. The third-order valence-electron chi connectivity index (χ3n) is 6.29. The van der Waals surface area contributed by atoms with Crippen LogP contribution in [0.4, 0.5) is 18.0 Å². The van der Waals surface area contributed by atoms with Crippen LogP contribution in [0.5, 0.6) is 0 Å². The average molecular weight is 544 g/mol. The van der Waals surface area contributed by atoms with Crippen molar-refractivity contribution in [1.29, 1.82) is 0 Å². The van der Waals surface area contributed by atoms with Gasteiger partial charge in [-0.25, -0.2) is 4.79 Å². The van der Waals surface area contributed by atoms with Crippen LogP contribution in [0.25, 0.3) is 0 Å². The minimum atomic E-state index is -4.79. The molecule has 12 heteroatoms. The van der Waals surface area contributed by atoms with Gasteiger partial charge in [0.25, 0.3) is 5.60 Å². The van der Waals surface area contributed by atoms with Gasteiger partial charge in [0.1, 0.15) is 11.2 Å². The van der Waals surface area contributed by atoms with E-state index in [1.165, 1.54) is 29.3 Å². The van der Waals surface area contributed by atoms with E-state index in [0.29, 0.717) is 16.8 Å². The van der Waals surface area contributed by atoms with Crippen LogP contribution in [0.15, 0.2) is 35.6 Å². The van der Waals surface area contributed by atoms with Gasteiger partial charge in [0.2, 0.25) is 0 Å². The largest absolute Gasteiger partial charge is 0.444 e. The van der Waals surface area contributed by atoms with E-state index in [0.717, 1.165) is 0 Å². The Bertz CT molecular complexity index is 1250. The second kappa shape index (κ2) is 8.22. The third kappa shape index (κ3) is 4.18.